The number of anilines is 1. The van der Waals surface area contributed by atoms with Crippen LogP contribution in [0.4, 0.5) is 10.5 Å². The lowest BCUT2D eigenvalue weighted by Crippen LogP contribution is -2.48. The van der Waals surface area contributed by atoms with Crippen LogP contribution in [0.5, 0.6) is 0 Å². The lowest BCUT2D eigenvalue weighted by atomic mass is 10.2. The third kappa shape index (κ3) is 4.08. The van der Waals surface area contributed by atoms with Crippen molar-refractivity contribution in [3.8, 4) is 0 Å². The molecule has 3 N–H and O–H groups in total. The van der Waals surface area contributed by atoms with E-state index in [1.165, 1.54) is 4.90 Å². The molecule has 0 spiro atoms. The van der Waals surface area contributed by atoms with Gasteiger partial charge in [-0.25, -0.2) is 9.78 Å². The first-order valence-electron chi connectivity index (χ1n) is 7.12. The van der Waals surface area contributed by atoms with Crippen molar-refractivity contribution in [2.75, 3.05) is 37.6 Å². The van der Waals surface area contributed by atoms with Crippen LogP contribution in [-0.4, -0.2) is 70.9 Å². The molecule has 1 fully saturated rings. The van der Waals surface area contributed by atoms with Crippen molar-refractivity contribution in [1.29, 1.82) is 0 Å². The van der Waals surface area contributed by atoms with Crippen LogP contribution in [0.15, 0.2) is 18.3 Å². The fraction of sp³-hybridized carbons (Fsp3) is 0.500. The molecule has 1 aliphatic heterocycles. The maximum absolute atomic E-state index is 11.8. The number of hydrogen-bond acceptors (Lipinski definition) is 5. The predicted octanol–water partition coefficient (Wildman–Crippen LogP) is -0.00780. The zero-order chi connectivity index (χ0) is 16.1. The number of hydrogen-bond donors (Lipinski definition) is 3. The average Bonchev–Trinajstić information content (AvgIpc) is 2.53. The largest absolute Gasteiger partial charge is 0.465 e. The van der Waals surface area contributed by atoms with Crippen LogP contribution in [0.3, 0.4) is 0 Å². The Morgan fingerprint density at radius 1 is 1.32 bits per heavy atom. The SMILES string of the molecule is CC(O)CNC(=O)c1ccc(N2CCN(C(=O)O)CC2)cn1. The molecule has 0 bridgehead atoms. The fourth-order valence-electron chi connectivity index (χ4n) is 2.19. The van der Waals surface area contributed by atoms with Gasteiger partial charge in [-0.05, 0) is 19.1 Å². The van der Waals surface area contributed by atoms with Gasteiger partial charge in [0.1, 0.15) is 5.69 Å². The van der Waals surface area contributed by atoms with Crippen molar-refractivity contribution in [2.24, 2.45) is 0 Å². The van der Waals surface area contributed by atoms with Gasteiger partial charge in [-0.1, -0.05) is 0 Å². The molecular weight excluding hydrogens is 288 g/mol. The molecule has 2 rings (SSSR count). The van der Waals surface area contributed by atoms with Gasteiger partial charge in [0.2, 0.25) is 0 Å². The van der Waals surface area contributed by atoms with E-state index in [-0.39, 0.29) is 18.1 Å². The van der Waals surface area contributed by atoms with Gasteiger partial charge in [-0.3, -0.25) is 4.79 Å². The van der Waals surface area contributed by atoms with Gasteiger partial charge >= 0.3 is 6.09 Å². The summed E-state index contributed by atoms with van der Waals surface area (Å²) < 4.78 is 0. The number of carbonyl (C=O) groups is 2. The molecule has 120 valence electrons. The van der Waals surface area contributed by atoms with E-state index in [4.69, 9.17) is 10.2 Å². The normalized spacial score (nSPS) is 16.3. The lowest BCUT2D eigenvalue weighted by Gasteiger charge is -2.34. The van der Waals surface area contributed by atoms with Gasteiger partial charge in [0.15, 0.2) is 0 Å². The van der Waals surface area contributed by atoms with Crippen LogP contribution >= 0.6 is 0 Å². The number of pyridine rings is 1. The molecule has 2 amide bonds. The third-order valence-electron chi connectivity index (χ3n) is 3.45. The summed E-state index contributed by atoms with van der Waals surface area (Å²) >= 11 is 0. The van der Waals surface area contributed by atoms with E-state index in [0.29, 0.717) is 26.2 Å². The molecule has 1 atom stereocenters. The van der Waals surface area contributed by atoms with Gasteiger partial charge in [0.25, 0.3) is 5.91 Å². The van der Waals surface area contributed by atoms with Crippen molar-refractivity contribution in [3.05, 3.63) is 24.0 Å². The summed E-state index contributed by atoms with van der Waals surface area (Å²) in [6.45, 7) is 3.87. The van der Waals surface area contributed by atoms with Crippen LogP contribution in [0, 0.1) is 0 Å². The predicted molar refractivity (Wildman–Crippen MR) is 80.1 cm³/mol. The molecule has 0 radical (unpaired) electrons. The molecule has 2 heterocycles. The fourth-order valence-corrected chi connectivity index (χ4v) is 2.19. The van der Waals surface area contributed by atoms with E-state index < -0.39 is 12.2 Å². The molecule has 0 aliphatic carbocycles. The zero-order valence-corrected chi connectivity index (χ0v) is 12.4. The number of carboxylic acid groups (broad SMARTS) is 1. The van der Waals surface area contributed by atoms with E-state index in [0.717, 1.165) is 5.69 Å². The van der Waals surface area contributed by atoms with Crippen LogP contribution in [-0.2, 0) is 0 Å². The Morgan fingerprint density at radius 2 is 2.00 bits per heavy atom. The molecule has 1 unspecified atom stereocenters. The second kappa shape index (κ2) is 7.08. The number of aliphatic hydroxyl groups is 1. The van der Waals surface area contributed by atoms with Crippen molar-refractivity contribution in [2.45, 2.75) is 13.0 Å². The minimum absolute atomic E-state index is 0.180. The summed E-state index contributed by atoms with van der Waals surface area (Å²) in [6, 6.07) is 3.41. The van der Waals surface area contributed by atoms with Crippen LogP contribution < -0.4 is 10.2 Å². The highest BCUT2D eigenvalue weighted by Gasteiger charge is 2.20. The summed E-state index contributed by atoms with van der Waals surface area (Å²) in [6.07, 6.45) is 0.102. The number of nitrogens with zero attached hydrogens (tertiary/aromatic N) is 3. The molecule has 1 aromatic heterocycles. The molecule has 0 saturated carbocycles. The molecule has 22 heavy (non-hydrogen) atoms. The number of rotatable bonds is 4. The number of aliphatic hydroxyl groups excluding tert-OH is 1. The van der Waals surface area contributed by atoms with E-state index >= 15 is 0 Å². The molecule has 1 aliphatic rings. The number of nitrogens with one attached hydrogen (secondary N) is 1. The Labute approximate surface area is 128 Å². The van der Waals surface area contributed by atoms with E-state index in [2.05, 4.69) is 10.3 Å². The minimum atomic E-state index is -0.900. The summed E-state index contributed by atoms with van der Waals surface area (Å²) in [7, 11) is 0. The highest BCUT2D eigenvalue weighted by Crippen LogP contribution is 2.15. The lowest BCUT2D eigenvalue weighted by molar-refractivity contribution is 0.0919. The Morgan fingerprint density at radius 3 is 2.50 bits per heavy atom. The van der Waals surface area contributed by atoms with Crippen molar-refractivity contribution < 1.29 is 19.8 Å². The molecule has 1 aromatic rings. The first kappa shape index (κ1) is 16.0. The van der Waals surface area contributed by atoms with Gasteiger partial charge in [-0.2, -0.15) is 0 Å². The van der Waals surface area contributed by atoms with Crippen molar-refractivity contribution >= 4 is 17.7 Å². The molecule has 1 saturated heterocycles. The summed E-state index contributed by atoms with van der Waals surface area (Å²) in [5, 5.41) is 20.6. The number of piperazine rings is 1. The van der Waals surface area contributed by atoms with Gasteiger partial charge in [0.05, 0.1) is 18.0 Å². The Kier molecular flexibility index (Phi) is 5.16. The van der Waals surface area contributed by atoms with E-state index in [1.54, 1.807) is 25.3 Å². The third-order valence-corrected chi connectivity index (χ3v) is 3.45. The Hall–Kier alpha value is -2.35. The molecule has 0 aromatic carbocycles. The monoisotopic (exact) mass is 308 g/mol. The zero-order valence-electron chi connectivity index (χ0n) is 12.4. The maximum atomic E-state index is 11.8. The van der Waals surface area contributed by atoms with Crippen LogP contribution in [0.25, 0.3) is 0 Å². The first-order valence-corrected chi connectivity index (χ1v) is 7.12. The van der Waals surface area contributed by atoms with Crippen molar-refractivity contribution in [1.82, 2.24) is 15.2 Å². The average molecular weight is 308 g/mol. The second-order valence-electron chi connectivity index (χ2n) is 5.22. The molecule has 8 nitrogen and oxygen atoms in total. The standard InChI is InChI=1S/C14H20N4O4/c1-10(19)8-16-13(20)12-3-2-11(9-15-12)17-4-6-18(7-5-17)14(21)22/h2-3,9-10,19H,4-8H2,1H3,(H,16,20)(H,21,22). The maximum Gasteiger partial charge on any atom is 0.407 e. The van der Waals surface area contributed by atoms with Crippen LogP contribution in [0.1, 0.15) is 17.4 Å². The van der Waals surface area contributed by atoms with Gasteiger partial charge in [0, 0.05) is 32.7 Å². The van der Waals surface area contributed by atoms with E-state index in [1.807, 2.05) is 4.90 Å². The smallest absolute Gasteiger partial charge is 0.407 e. The molecular formula is C14H20N4O4. The van der Waals surface area contributed by atoms with Crippen molar-refractivity contribution in [3.63, 3.8) is 0 Å². The summed E-state index contributed by atoms with van der Waals surface area (Å²) in [5.41, 5.74) is 1.14. The van der Waals surface area contributed by atoms with Gasteiger partial charge < -0.3 is 25.3 Å². The molecule has 8 heteroatoms. The minimum Gasteiger partial charge on any atom is -0.465 e. The Balaban J connectivity index is 1.92. The second-order valence-corrected chi connectivity index (χ2v) is 5.22. The quantitative estimate of drug-likeness (QED) is 0.722. The topological polar surface area (TPSA) is 106 Å². The first-order chi connectivity index (χ1) is 10.5. The number of carbonyl (C=O) groups excluding carboxylic acids is 1. The highest BCUT2D eigenvalue weighted by atomic mass is 16.4. The number of amides is 2. The number of aromatic nitrogens is 1. The summed E-state index contributed by atoms with van der Waals surface area (Å²) in [4.78, 5) is 30.2. The summed E-state index contributed by atoms with van der Waals surface area (Å²) in [5.74, 6) is -0.330. The Bertz CT molecular complexity index is 524. The van der Waals surface area contributed by atoms with E-state index in [9.17, 15) is 9.59 Å². The van der Waals surface area contributed by atoms with Gasteiger partial charge in [-0.15, -0.1) is 0 Å². The highest BCUT2D eigenvalue weighted by molar-refractivity contribution is 5.92. The van der Waals surface area contributed by atoms with Crippen LogP contribution in [0.2, 0.25) is 0 Å².